The van der Waals surface area contributed by atoms with Crippen molar-refractivity contribution in [2.24, 2.45) is 0 Å². The van der Waals surface area contributed by atoms with Crippen LogP contribution in [0.1, 0.15) is 5.56 Å². The van der Waals surface area contributed by atoms with Gasteiger partial charge in [0.1, 0.15) is 12.3 Å². The summed E-state index contributed by atoms with van der Waals surface area (Å²) < 4.78 is 32.6. The lowest BCUT2D eigenvalue weighted by molar-refractivity contribution is -0.116. The lowest BCUT2D eigenvalue weighted by atomic mass is 10.2. The molecule has 0 atom stereocenters. The molecule has 0 spiro atoms. The van der Waals surface area contributed by atoms with E-state index in [0.717, 1.165) is 5.56 Å². The number of aryl methyl sites for hydroxylation is 1. The second kappa shape index (κ2) is 10.4. The normalized spacial score (nSPS) is 14.6. The van der Waals surface area contributed by atoms with Gasteiger partial charge in [0.25, 0.3) is 10.0 Å². The van der Waals surface area contributed by atoms with Crippen molar-refractivity contribution in [3.63, 3.8) is 0 Å². The summed E-state index contributed by atoms with van der Waals surface area (Å²) in [6, 6.07) is 10.1. The second-order valence-corrected chi connectivity index (χ2v) is 10.1. The first kappa shape index (κ1) is 24.8. The van der Waals surface area contributed by atoms with E-state index < -0.39 is 28.5 Å². The van der Waals surface area contributed by atoms with Gasteiger partial charge in [-0.15, -0.1) is 0 Å². The smallest absolute Gasteiger partial charge is 0.334 e. The molecule has 3 amide bonds. The molecule has 0 aliphatic carbocycles. The molecule has 178 valence electrons. The Hall–Kier alpha value is -2.82. The largest absolute Gasteiger partial charge is 0.495 e. The minimum Gasteiger partial charge on any atom is -0.495 e. The summed E-state index contributed by atoms with van der Waals surface area (Å²) in [4.78, 5) is 29.6. The first-order chi connectivity index (χ1) is 15.6. The molecule has 1 aliphatic heterocycles. The predicted molar refractivity (Wildman–Crippen MR) is 126 cm³/mol. The number of likely N-dealkylation sites (N-methyl/N-ethyl adjacent to an activating group) is 1. The van der Waals surface area contributed by atoms with Crippen LogP contribution < -0.4 is 10.1 Å². The number of sulfonamides is 1. The Labute approximate surface area is 198 Å². The number of amides is 3. The van der Waals surface area contributed by atoms with Gasteiger partial charge in [-0.2, -0.15) is 0 Å². The number of anilines is 1. The molecule has 1 saturated heterocycles. The van der Waals surface area contributed by atoms with Crippen LogP contribution in [0.15, 0.2) is 47.4 Å². The Morgan fingerprint density at radius 2 is 1.73 bits per heavy atom. The molecular weight excluding hydrogens is 468 g/mol. The molecule has 1 heterocycles. The summed E-state index contributed by atoms with van der Waals surface area (Å²) in [5.41, 5.74) is 1.14. The van der Waals surface area contributed by atoms with E-state index >= 15 is 0 Å². The number of ether oxygens (including phenoxy) is 1. The van der Waals surface area contributed by atoms with Crippen LogP contribution in [0.4, 0.5) is 10.5 Å². The summed E-state index contributed by atoms with van der Waals surface area (Å²) >= 11 is 6.01. The molecular formula is C22H27ClN4O5S. The van der Waals surface area contributed by atoms with Crippen molar-refractivity contribution in [3.8, 4) is 5.75 Å². The van der Waals surface area contributed by atoms with Gasteiger partial charge in [-0.3, -0.25) is 4.79 Å². The Kier molecular flexibility index (Phi) is 7.83. The van der Waals surface area contributed by atoms with Gasteiger partial charge in [0, 0.05) is 31.2 Å². The topological polar surface area (TPSA) is 99.3 Å². The fourth-order valence-corrected chi connectivity index (χ4v) is 4.86. The molecule has 11 heteroatoms. The molecule has 1 aliphatic rings. The number of nitrogens with one attached hydrogen (secondary N) is 1. The molecule has 1 N–H and O–H groups in total. The zero-order chi connectivity index (χ0) is 24.2. The predicted octanol–water partition coefficient (Wildman–Crippen LogP) is 2.65. The molecule has 0 bridgehead atoms. The molecule has 0 unspecified atom stereocenters. The van der Waals surface area contributed by atoms with Crippen molar-refractivity contribution in [1.82, 2.24) is 14.1 Å². The number of benzene rings is 2. The van der Waals surface area contributed by atoms with Gasteiger partial charge in [-0.05, 0) is 44.3 Å². The zero-order valence-corrected chi connectivity index (χ0v) is 20.3. The summed E-state index contributed by atoms with van der Waals surface area (Å²) in [5.74, 6) is -0.347. The second-order valence-electron chi connectivity index (χ2n) is 7.79. The molecule has 0 saturated carbocycles. The standard InChI is InChI=1S/C22H27ClN4O5S/c1-16-4-7-18(8-5-16)33(30,31)27(22(29)26-12-10-25(2)11-13-26)15-21(28)24-19-14-17(23)6-9-20(19)32-3/h4-9,14H,10-13,15H2,1-3H3,(H,24,28). The number of halogens is 1. The number of rotatable bonds is 6. The first-order valence-electron chi connectivity index (χ1n) is 10.3. The zero-order valence-electron chi connectivity index (χ0n) is 18.7. The highest BCUT2D eigenvalue weighted by molar-refractivity contribution is 7.89. The number of urea groups is 1. The molecule has 3 rings (SSSR count). The van der Waals surface area contributed by atoms with Gasteiger partial charge in [0.15, 0.2) is 0 Å². The maximum Gasteiger partial charge on any atom is 0.334 e. The number of methoxy groups -OCH3 is 1. The Morgan fingerprint density at radius 1 is 1.09 bits per heavy atom. The molecule has 2 aromatic carbocycles. The number of carbonyl (C=O) groups excluding carboxylic acids is 2. The number of carbonyl (C=O) groups is 2. The van der Waals surface area contributed by atoms with Crippen LogP contribution in [0.5, 0.6) is 5.75 Å². The fraction of sp³-hybridized carbons (Fsp3) is 0.364. The van der Waals surface area contributed by atoms with Crippen LogP contribution in [0.25, 0.3) is 0 Å². The van der Waals surface area contributed by atoms with Crippen LogP contribution in [0, 0.1) is 6.92 Å². The van der Waals surface area contributed by atoms with E-state index in [1.54, 1.807) is 24.3 Å². The quantitative estimate of drug-likeness (QED) is 0.662. The van der Waals surface area contributed by atoms with Crippen molar-refractivity contribution in [1.29, 1.82) is 0 Å². The third-order valence-corrected chi connectivity index (χ3v) is 7.29. The van der Waals surface area contributed by atoms with E-state index in [0.29, 0.717) is 41.3 Å². The third-order valence-electron chi connectivity index (χ3n) is 5.32. The average molecular weight is 495 g/mol. The lowest BCUT2D eigenvalue weighted by Gasteiger charge is -2.35. The van der Waals surface area contributed by atoms with Crippen molar-refractivity contribution < 1.29 is 22.7 Å². The number of hydrogen-bond donors (Lipinski definition) is 1. The van der Waals surface area contributed by atoms with Gasteiger partial charge in [-0.1, -0.05) is 29.3 Å². The van der Waals surface area contributed by atoms with Gasteiger partial charge in [-0.25, -0.2) is 17.5 Å². The van der Waals surface area contributed by atoms with E-state index in [1.807, 2.05) is 18.9 Å². The molecule has 0 radical (unpaired) electrons. The Bertz CT molecular complexity index is 1120. The molecule has 2 aromatic rings. The van der Waals surface area contributed by atoms with Crippen LogP contribution in [0.2, 0.25) is 5.02 Å². The third kappa shape index (κ3) is 5.95. The minimum absolute atomic E-state index is 0.0660. The number of hydrogen-bond acceptors (Lipinski definition) is 6. The minimum atomic E-state index is -4.28. The van der Waals surface area contributed by atoms with Crippen LogP contribution in [0.3, 0.4) is 0 Å². The molecule has 9 nitrogen and oxygen atoms in total. The highest BCUT2D eigenvalue weighted by atomic mass is 35.5. The van der Waals surface area contributed by atoms with Crippen molar-refractivity contribution in [2.75, 3.05) is 52.2 Å². The maximum atomic E-state index is 13.4. The fourth-order valence-electron chi connectivity index (χ4n) is 3.35. The van der Waals surface area contributed by atoms with Crippen molar-refractivity contribution in [2.45, 2.75) is 11.8 Å². The Balaban J connectivity index is 1.89. The SMILES string of the molecule is COc1ccc(Cl)cc1NC(=O)CN(C(=O)N1CCN(C)CC1)S(=O)(=O)c1ccc(C)cc1. The Morgan fingerprint density at radius 3 is 2.33 bits per heavy atom. The highest BCUT2D eigenvalue weighted by Crippen LogP contribution is 2.28. The maximum absolute atomic E-state index is 13.4. The van der Waals surface area contributed by atoms with E-state index in [2.05, 4.69) is 5.32 Å². The summed E-state index contributed by atoms with van der Waals surface area (Å²) in [6.45, 7) is 3.07. The summed E-state index contributed by atoms with van der Waals surface area (Å²) in [5, 5.41) is 2.96. The van der Waals surface area contributed by atoms with E-state index in [9.17, 15) is 18.0 Å². The molecule has 0 aromatic heterocycles. The van der Waals surface area contributed by atoms with Gasteiger partial charge in [0.2, 0.25) is 5.91 Å². The van der Waals surface area contributed by atoms with Crippen LogP contribution in [-0.2, 0) is 14.8 Å². The van der Waals surface area contributed by atoms with Gasteiger partial charge >= 0.3 is 6.03 Å². The van der Waals surface area contributed by atoms with Crippen molar-refractivity contribution in [3.05, 3.63) is 53.1 Å². The van der Waals surface area contributed by atoms with Crippen LogP contribution >= 0.6 is 11.6 Å². The van der Waals surface area contributed by atoms with E-state index in [-0.39, 0.29) is 10.6 Å². The number of nitrogens with zero attached hydrogens (tertiary/aromatic N) is 3. The van der Waals surface area contributed by atoms with Gasteiger partial charge < -0.3 is 19.9 Å². The lowest BCUT2D eigenvalue weighted by Crippen LogP contribution is -2.54. The monoisotopic (exact) mass is 494 g/mol. The molecule has 1 fully saturated rings. The summed E-state index contributed by atoms with van der Waals surface area (Å²) in [6.07, 6.45) is 0. The van der Waals surface area contributed by atoms with Gasteiger partial charge in [0.05, 0.1) is 17.7 Å². The van der Waals surface area contributed by atoms with E-state index in [4.69, 9.17) is 16.3 Å². The molecule has 33 heavy (non-hydrogen) atoms. The first-order valence-corrected chi connectivity index (χ1v) is 12.1. The average Bonchev–Trinajstić information content (AvgIpc) is 2.78. The highest BCUT2D eigenvalue weighted by Gasteiger charge is 2.35. The van der Waals surface area contributed by atoms with Crippen molar-refractivity contribution >= 4 is 39.2 Å². The van der Waals surface area contributed by atoms with E-state index in [1.165, 1.54) is 30.2 Å². The number of piperazine rings is 1. The van der Waals surface area contributed by atoms with Crippen LogP contribution in [-0.4, -0.2) is 81.3 Å². The summed E-state index contributed by atoms with van der Waals surface area (Å²) in [7, 11) is -0.921.